The highest BCUT2D eigenvalue weighted by atomic mass is 14.5. The summed E-state index contributed by atoms with van der Waals surface area (Å²) in [5, 5.41) is 0. The maximum Gasteiger partial charge on any atom is -0.0140 e. The monoisotopic (exact) mass is 422 g/mol. The van der Waals surface area contributed by atoms with Gasteiger partial charge in [0.15, 0.2) is 0 Å². The van der Waals surface area contributed by atoms with Crippen LogP contribution < -0.4 is 0 Å². The highest BCUT2D eigenvalue weighted by Gasteiger charge is 2.49. The lowest BCUT2D eigenvalue weighted by Gasteiger charge is -2.43. The highest BCUT2D eigenvalue weighted by molar-refractivity contribution is 5.28. The Hall–Kier alpha value is -1.04. The lowest BCUT2D eigenvalue weighted by Crippen LogP contribution is -2.34. The summed E-state index contributed by atoms with van der Waals surface area (Å²) in [5.41, 5.74) is 7.29. The summed E-state index contributed by atoms with van der Waals surface area (Å²) in [6.45, 7) is 23.4. The van der Waals surface area contributed by atoms with Crippen LogP contribution in [0, 0.1) is 34.5 Å². The predicted molar refractivity (Wildman–Crippen MR) is 138 cm³/mol. The van der Waals surface area contributed by atoms with E-state index in [4.69, 9.17) is 0 Å². The van der Waals surface area contributed by atoms with Gasteiger partial charge >= 0.3 is 0 Å². The van der Waals surface area contributed by atoms with Gasteiger partial charge in [-0.3, -0.25) is 0 Å². The molecule has 5 unspecified atom stereocenters. The Balaban J connectivity index is 1.70. The summed E-state index contributed by atoms with van der Waals surface area (Å²) < 4.78 is 0. The van der Waals surface area contributed by atoms with Crippen molar-refractivity contribution in [3.8, 4) is 0 Å². The van der Waals surface area contributed by atoms with E-state index in [1.54, 1.807) is 16.7 Å². The molecule has 3 rings (SSSR count). The van der Waals surface area contributed by atoms with Crippen LogP contribution in [-0.4, -0.2) is 0 Å². The standard InChI is InChI=1S/C31H50/c1-22-19-24(3)25(4)21-26(20-22)13-14-27-12-10-18-31(8)28(15-16-29(27)31)23(2)11-9-17-30(5,6)7/h13-14,22,25,28-29H,2-3,9-12,15-21H2,1,4-8H3. The van der Waals surface area contributed by atoms with Crippen LogP contribution in [0.15, 0.2) is 47.6 Å². The normalized spacial score (nSPS) is 37.2. The maximum atomic E-state index is 4.63. The second-order valence-electron chi connectivity index (χ2n) is 13.0. The zero-order valence-electron chi connectivity index (χ0n) is 21.7. The number of rotatable bonds is 5. The smallest absolute Gasteiger partial charge is 0.0140 e. The first-order valence-corrected chi connectivity index (χ1v) is 13.2. The SMILES string of the molecule is C=C1CC(C)CC(=CC=C2CCCC3(C)C(C(=C)CCCC(C)(C)C)CCC23)CC1C. The van der Waals surface area contributed by atoms with Crippen molar-refractivity contribution in [2.45, 2.75) is 112 Å². The molecule has 31 heavy (non-hydrogen) atoms. The quantitative estimate of drug-likeness (QED) is 0.305. The molecular formula is C31H50. The van der Waals surface area contributed by atoms with E-state index < -0.39 is 0 Å². The number of hydrogen-bond donors (Lipinski definition) is 0. The van der Waals surface area contributed by atoms with Crippen LogP contribution in [0.5, 0.6) is 0 Å². The topological polar surface area (TPSA) is 0 Å². The van der Waals surface area contributed by atoms with Gasteiger partial charge in [0.25, 0.3) is 0 Å². The van der Waals surface area contributed by atoms with Gasteiger partial charge in [0.2, 0.25) is 0 Å². The largest absolute Gasteiger partial charge is 0.0996 e. The average molecular weight is 423 g/mol. The third kappa shape index (κ3) is 6.06. The third-order valence-corrected chi connectivity index (χ3v) is 8.90. The Kier molecular flexibility index (Phi) is 7.81. The lowest BCUT2D eigenvalue weighted by molar-refractivity contribution is 0.153. The van der Waals surface area contributed by atoms with Crippen LogP contribution in [0.4, 0.5) is 0 Å². The first-order valence-electron chi connectivity index (χ1n) is 13.2. The van der Waals surface area contributed by atoms with Crippen molar-refractivity contribution in [2.24, 2.45) is 34.5 Å². The van der Waals surface area contributed by atoms with E-state index in [1.807, 2.05) is 0 Å². The van der Waals surface area contributed by atoms with Crippen LogP contribution in [0.3, 0.4) is 0 Å². The summed E-state index contributed by atoms with van der Waals surface area (Å²) in [6, 6.07) is 0. The molecule has 3 saturated carbocycles. The van der Waals surface area contributed by atoms with Crippen LogP contribution in [0.2, 0.25) is 0 Å². The second-order valence-corrected chi connectivity index (χ2v) is 13.0. The van der Waals surface area contributed by atoms with Crippen LogP contribution in [-0.2, 0) is 0 Å². The fourth-order valence-corrected chi connectivity index (χ4v) is 7.08. The van der Waals surface area contributed by atoms with Gasteiger partial charge in [0, 0.05) is 0 Å². The van der Waals surface area contributed by atoms with Gasteiger partial charge in [0.1, 0.15) is 0 Å². The zero-order chi connectivity index (χ0) is 22.8. The minimum absolute atomic E-state index is 0.440. The third-order valence-electron chi connectivity index (χ3n) is 8.90. The molecule has 0 heterocycles. The molecule has 3 fully saturated rings. The van der Waals surface area contributed by atoms with E-state index in [9.17, 15) is 0 Å². The van der Waals surface area contributed by atoms with Crippen molar-refractivity contribution in [3.63, 3.8) is 0 Å². The van der Waals surface area contributed by atoms with Gasteiger partial charge < -0.3 is 0 Å². The molecule has 3 aliphatic carbocycles. The van der Waals surface area contributed by atoms with Crippen LogP contribution >= 0.6 is 0 Å². The Morgan fingerprint density at radius 2 is 1.84 bits per heavy atom. The van der Waals surface area contributed by atoms with Crippen molar-refractivity contribution in [3.05, 3.63) is 47.6 Å². The molecule has 0 aromatic rings. The summed E-state index contributed by atoms with van der Waals surface area (Å²) in [5.74, 6) is 2.89. The molecule has 5 atom stereocenters. The fourth-order valence-electron chi connectivity index (χ4n) is 7.08. The van der Waals surface area contributed by atoms with Gasteiger partial charge in [-0.15, -0.1) is 0 Å². The van der Waals surface area contributed by atoms with Crippen molar-refractivity contribution < 1.29 is 0 Å². The van der Waals surface area contributed by atoms with Crippen molar-refractivity contribution >= 4 is 0 Å². The molecule has 0 N–H and O–H groups in total. The molecule has 0 aromatic carbocycles. The highest BCUT2D eigenvalue weighted by Crippen LogP contribution is 2.59. The van der Waals surface area contributed by atoms with E-state index in [1.165, 1.54) is 76.2 Å². The number of allylic oxidation sites excluding steroid dienone is 6. The van der Waals surface area contributed by atoms with Crippen molar-refractivity contribution in [1.29, 1.82) is 0 Å². The molecule has 0 amide bonds. The summed E-state index contributed by atoms with van der Waals surface area (Å²) in [4.78, 5) is 0. The Morgan fingerprint density at radius 3 is 2.55 bits per heavy atom. The van der Waals surface area contributed by atoms with E-state index in [2.05, 4.69) is 66.9 Å². The molecule has 3 aliphatic rings. The summed E-state index contributed by atoms with van der Waals surface area (Å²) in [6.07, 6.45) is 19.4. The minimum atomic E-state index is 0.440. The van der Waals surface area contributed by atoms with E-state index in [-0.39, 0.29) is 0 Å². The predicted octanol–water partition coefficient (Wildman–Crippen LogP) is 9.84. The summed E-state index contributed by atoms with van der Waals surface area (Å²) in [7, 11) is 0. The maximum absolute atomic E-state index is 4.63. The Labute approximate surface area is 194 Å². The first-order chi connectivity index (χ1) is 14.5. The van der Waals surface area contributed by atoms with Crippen molar-refractivity contribution in [2.75, 3.05) is 0 Å². The molecule has 0 aromatic heterocycles. The van der Waals surface area contributed by atoms with Gasteiger partial charge in [-0.1, -0.05) is 89.1 Å². The van der Waals surface area contributed by atoms with E-state index in [0.29, 0.717) is 16.7 Å². The second kappa shape index (κ2) is 9.84. The van der Waals surface area contributed by atoms with E-state index in [0.717, 1.165) is 17.8 Å². The molecule has 0 bridgehead atoms. The molecular weight excluding hydrogens is 372 g/mol. The molecule has 0 saturated heterocycles. The Morgan fingerprint density at radius 1 is 1.10 bits per heavy atom. The molecule has 174 valence electrons. The van der Waals surface area contributed by atoms with Crippen LogP contribution in [0.25, 0.3) is 0 Å². The Bertz CT molecular complexity index is 724. The van der Waals surface area contributed by atoms with Gasteiger partial charge in [-0.25, -0.2) is 0 Å². The molecule has 0 heteroatoms. The molecule has 0 radical (unpaired) electrons. The lowest BCUT2D eigenvalue weighted by atomic mass is 9.62. The number of fused-ring (bicyclic) bond motifs is 1. The van der Waals surface area contributed by atoms with Gasteiger partial charge in [-0.2, -0.15) is 0 Å². The zero-order valence-corrected chi connectivity index (χ0v) is 21.7. The van der Waals surface area contributed by atoms with Gasteiger partial charge in [-0.05, 0) is 105 Å². The molecule has 0 aliphatic heterocycles. The van der Waals surface area contributed by atoms with Crippen LogP contribution in [0.1, 0.15) is 112 Å². The molecule has 0 spiro atoms. The minimum Gasteiger partial charge on any atom is -0.0996 e. The van der Waals surface area contributed by atoms with Crippen molar-refractivity contribution in [1.82, 2.24) is 0 Å². The molecule has 0 nitrogen and oxygen atoms in total. The first kappa shape index (κ1) is 24.6. The number of hydrogen-bond acceptors (Lipinski definition) is 0. The fraction of sp³-hybridized carbons (Fsp3) is 0.742. The van der Waals surface area contributed by atoms with Gasteiger partial charge in [0.05, 0.1) is 0 Å². The van der Waals surface area contributed by atoms with E-state index >= 15 is 0 Å². The average Bonchev–Trinajstić information content (AvgIpc) is 2.96. The summed E-state index contributed by atoms with van der Waals surface area (Å²) >= 11 is 0.